The van der Waals surface area contributed by atoms with Crippen LogP contribution in [0.2, 0.25) is 0 Å². The van der Waals surface area contributed by atoms with Crippen molar-refractivity contribution in [3.05, 3.63) is 47.3 Å². The monoisotopic (exact) mass is 745 g/mol. The Morgan fingerprint density at radius 1 is 1.08 bits per heavy atom. The van der Waals surface area contributed by atoms with Crippen molar-refractivity contribution in [1.29, 1.82) is 0 Å². The molecule has 3 fully saturated rings. The fraction of sp³-hybridized carbons (Fsp3) is 0.639. The summed E-state index contributed by atoms with van der Waals surface area (Å²) in [6, 6.07) is 2.30. The van der Waals surface area contributed by atoms with E-state index in [1.54, 1.807) is 32.9 Å². The van der Waals surface area contributed by atoms with Gasteiger partial charge in [-0.1, -0.05) is 37.1 Å². The van der Waals surface area contributed by atoms with Crippen molar-refractivity contribution >= 4 is 39.9 Å². The van der Waals surface area contributed by atoms with Gasteiger partial charge in [0.15, 0.2) is 0 Å². The SMILES string of the molecule is CN(C(=O)[C@@]12C[C@@H]1/C=C\CCCCC[C@H](NC(=O)OC(C)(C)C)C(=O)N1C[C@H](OC(=O)N3Cc4cccc(F)c4C3)C[C@H]1C(=O)N2)S(=O)(=O)C1CC1. The summed E-state index contributed by atoms with van der Waals surface area (Å²) in [7, 11) is -2.70. The lowest BCUT2D eigenvalue weighted by atomic mass is 10.0. The number of alkyl carbamates (subject to hydrolysis) is 1. The van der Waals surface area contributed by atoms with Crippen molar-refractivity contribution in [1.82, 2.24) is 24.7 Å². The van der Waals surface area contributed by atoms with Crippen LogP contribution in [0.3, 0.4) is 0 Å². The zero-order valence-electron chi connectivity index (χ0n) is 30.1. The van der Waals surface area contributed by atoms with Crippen molar-refractivity contribution in [2.45, 2.75) is 126 Å². The second-order valence-electron chi connectivity index (χ2n) is 15.5. The smallest absolute Gasteiger partial charge is 0.410 e. The van der Waals surface area contributed by atoms with E-state index in [-0.39, 0.29) is 38.9 Å². The molecule has 2 saturated carbocycles. The topological polar surface area (TPSA) is 172 Å². The molecule has 3 heterocycles. The molecule has 5 aliphatic rings. The van der Waals surface area contributed by atoms with E-state index >= 15 is 0 Å². The summed E-state index contributed by atoms with van der Waals surface area (Å²) in [5.41, 5.74) is -1.35. The predicted molar refractivity (Wildman–Crippen MR) is 185 cm³/mol. The van der Waals surface area contributed by atoms with E-state index in [4.69, 9.17) is 9.47 Å². The van der Waals surface area contributed by atoms with Crippen LogP contribution in [0, 0.1) is 11.7 Å². The Morgan fingerprint density at radius 2 is 1.83 bits per heavy atom. The molecule has 0 spiro atoms. The van der Waals surface area contributed by atoms with Crippen LogP contribution >= 0.6 is 0 Å². The zero-order chi connectivity index (χ0) is 37.6. The molecule has 5 atom stereocenters. The number of rotatable bonds is 5. The Bertz CT molecular complexity index is 1760. The summed E-state index contributed by atoms with van der Waals surface area (Å²) in [6.45, 7) is 5.02. The molecule has 0 bridgehead atoms. The number of carbonyl (C=O) groups excluding carboxylic acids is 5. The third-order valence-electron chi connectivity index (χ3n) is 10.4. The lowest BCUT2D eigenvalue weighted by Gasteiger charge is -2.31. The Kier molecular flexibility index (Phi) is 10.3. The first-order chi connectivity index (χ1) is 24.5. The van der Waals surface area contributed by atoms with Crippen LogP contribution < -0.4 is 10.6 Å². The van der Waals surface area contributed by atoms with Crippen LogP contribution in [0.25, 0.3) is 0 Å². The van der Waals surface area contributed by atoms with E-state index in [9.17, 15) is 36.8 Å². The number of halogens is 1. The Labute approximate surface area is 303 Å². The van der Waals surface area contributed by atoms with Crippen LogP contribution in [0.15, 0.2) is 30.4 Å². The van der Waals surface area contributed by atoms with Gasteiger partial charge < -0.3 is 25.0 Å². The molecular weight excluding hydrogens is 697 g/mol. The quantitative estimate of drug-likeness (QED) is 0.429. The number of amides is 5. The molecule has 5 amide bonds. The molecule has 3 aliphatic heterocycles. The van der Waals surface area contributed by atoms with Gasteiger partial charge in [-0.15, -0.1) is 0 Å². The first-order valence-electron chi connectivity index (χ1n) is 18.0. The number of benzene rings is 1. The zero-order valence-corrected chi connectivity index (χ0v) is 30.9. The lowest BCUT2D eigenvalue weighted by molar-refractivity contribution is -0.141. The molecule has 1 saturated heterocycles. The highest BCUT2D eigenvalue weighted by Gasteiger charge is 2.63. The molecule has 16 heteroatoms. The summed E-state index contributed by atoms with van der Waals surface area (Å²) in [6.07, 6.45) is 5.18. The number of sulfonamides is 1. The number of likely N-dealkylation sites (N-methyl/N-ethyl adjacent to an activating group) is 1. The highest BCUT2D eigenvalue weighted by molar-refractivity contribution is 7.90. The van der Waals surface area contributed by atoms with Gasteiger partial charge in [-0.25, -0.2) is 26.7 Å². The molecule has 0 unspecified atom stereocenters. The largest absolute Gasteiger partial charge is 0.444 e. The summed E-state index contributed by atoms with van der Waals surface area (Å²) in [4.78, 5) is 71.4. The number of hydrogen-bond donors (Lipinski definition) is 2. The van der Waals surface area contributed by atoms with Gasteiger partial charge in [0.25, 0.3) is 5.91 Å². The molecule has 14 nitrogen and oxygen atoms in total. The number of hydrogen-bond acceptors (Lipinski definition) is 9. The second-order valence-corrected chi connectivity index (χ2v) is 17.8. The normalized spacial score (nSPS) is 28.6. The van der Waals surface area contributed by atoms with E-state index in [2.05, 4.69) is 10.6 Å². The molecule has 2 N–H and O–H groups in total. The molecule has 0 aromatic heterocycles. The molecule has 0 radical (unpaired) electrons. The standard InChI is InChI=1S/C36H48FN5O9S/c1-35(2,3)51-33(46)38-28-14-9-7-5-6-8-12-23-18-36(23,32(45)40(4)52(48,49)25-15-16-25)39-30(43)29-17-24(20-42(29)31(28)44)50-34(47)41-19-22-11-10-13-27(37)26(22)21-41/h8,10-13,23-25,28-29H,5-7,9,14-21H2,1-4H3,(H,38,46)(H,39,43)/b12-8-/t23-,24+,28-,29-,36+/m0/s1. The van der Waals surface area contributed by atoms with Crippen molar-refractivity contribution < 1.29 is 46.3 Å². The van der Waals surface area contributed by atoms with Crippen molar-refractivity contribution in [3.63, 3.8) is 0 Å². The minimum absolute atomic E-state index is 0.00117. The van der Waals surface area contributed by atoms with E-state index in [0.717, 1.165) is 17.1 Å². The molecule has 52 heavy (non-hydrogen) atoms. The average molecular weight is 746 g/mol. The molecule has 284 valence electrons. The Morgan fingerprint density at radius 3 is 2.52 bits per heavy atom. The van der Waals surface area contributed by atoms with E-state index in [1.165, 1.54) is 22.9 Å². The number of nitrogens with one attached hydrogen (secondary N) is 2. The van der Waals surface area contributed by atoms with E-state index in [1.807, 2.05) is 12.2 Å². The van der Waals surface area contributed by atoms with Crippen molar-refractivity contribution in [2.75, 3.05) is 13.6 Å². The van der Waals surface area contributed by atoms with Gasteiger partial charge in [-0.05, 0) is 70.9 Å². The number of ether oxygens (including phenoxy) is 2. The second kappa shape index (κ2) is 14.3. The molecule has 6 rings (SSSR count). The third-order valence-corrected chi connectivity index (χ3v) is 12.6. The van der Waals surface area contributed by atoms with Crippen LogP contribution in [0.4, 0.5) is 14.0 Å². The van der Waals surface area contributed by atoms with Crippen LogP contribution in [-0.2, 0) is 47.0 Å². The molecule has 1 aromatic rings. The number of allylic oxidation sites excluding steroid dienone is 1. The van der Waals surface area contributed by atoms with Crippen LogP contribution in [0.5, 0.6) is 0 Å². The van der Waals surface area contributed by atoms with Crippen LogP contribution in [0.1, 0.15) is 89.7 Å². The summed E-state index contributed by atoms with van der Waals surface area (Å²) in [5.74, 6) is -2.96. The van der Waals surface area contributed by atoms with Crippen molar-refractivity contribution in [3.8, 4) is 0 Å². The molecular formula is C36H48FN5O9S. The van der Waals surface area contributed by atoms with Gasteiger partial charge in [0, 0.05) is 31.5 Å². The number of fused-ring (bicyclic) bond motifs is 3. The highest BCUT2D eigenvalue weighted by atomic mass is 32.2. The Hall–Kier alpha value is -4.21. The minimum Gasteiger partial charge on any atom is -0.444 e. The number of carbonyl (C=O) groups is 5. The van der Waals surface area contributed by atoms with Gasteiger partial charge >= 0.3 is 12.2 Å². The van der Waals surface area contributed by atoms with Crippen LogP contribution in [-0.4, -0.2) is 101 Å². The fourth-order valence-corrected chi connectivity index (χ4v) is 8.88. The van der Waals surface area contributed by atoms with Gasteiger partial charge in [-0.2, -0.15) is 0 Å². The molecule has 2 aliphatic carbocycles. The first-order valence-corrected chi connectivity index (χ1v) is 19.5. The maximum Gasteiger partial charge on any atom is 0.410 e. The maximum absolute atomic E-state index is 14.4. The first kappa shape index (κ1) is 37.5. The minimum atomic E-state index is -3.91. The highest BCUT2D eigenvalue weighted by Crippen LogP contribution is 2.47. The number of nitrogens with zero attached hydrogens (tertiary/aromatic N) is 3. The van der Waals surface area contributed by atoms with Gasteiger partial charge in [0.1, 0.15) is 35.1 Å². The lowest BCUT2D eigenvalue weighted by Crippen LogP contribution is -2.58. The maximum atomic E-state index is 14.4. The predicted octanol–water partition coefficient (Wildman–Crippen LogP) is 3.49. The average Bonchev–Trinajstić information content (AvgIpc) is 3.95. The van der Waals surface area contributed by atoms with Gasteiger partial charge in [0.05, 0.1) is 18.3 Å². The summed E-state index contributed by atoms with van der Waals surface area (Å²) < 4.78 is 52.6. The summed E-state index contributed by atoms with van der Waals surface area (Å²) in [5, 5.41) is 4.86. The van der Waals surface area contributed by atoms with Crippen molar-refractivity contribution in [2.24, 2.45) is 5.92 Å². The third kappa shape index (κ3) is 7.91. The van der Waals surface area contributed by atoms with E-state index in [0.29, 0.717) is 36.8 Å². The van der Waals surface area contributed by atoms with E-state index < -0.39 is 86.2 Å². The van der Waals surface area contributed by atoms with Gasteiger partial charge in [0.2, 0.25) is 21.8 Å². The molecule has 1 aromatic carbocycles. The Balaban J connectivity index is 1.27. The van der Waals surface area contributed by atoms with Gasteiger partial charge in [-0.3, -0.25) is 19.3 Å². The fourth-order valence-electron chi connectivity index (χ4n) is 7.31. The summed E-state index contributed by atoms with van der Waals surface area (Å²) >= 11 is 0.